The Labute approximate surface area is 153 Å². The van der Waals surface area contributed by atoms with Crippen LogP contribution in [-0.4, -0.2) is 36.0 Å². The topological polar surface area (TPSA) is 86.2 Å². The van der Waals surface area contributed by atoms with Crippen LogP contribution in [0.3, 0.4) is 0 Å². The maximum Gasteiger partial charge on any atom is 0.276 e. The van der Waals surface area contributed by atoms with E-state index in [1.54, 1.807) is 31.2 Å². The highest BCUT2D eigenvalue weighted by molar-refractivity contribution is 7.89. The number of hydrazone groups is 1. The molecule has 0 bridgehead atoms. The Morgan fingerprint density at radius 1 is 0.962 bits per heavy atom. The van der Waals surface area contributed by atoms with Crippen molar-refractivity contribution in [1.82, 2.24) is 4.83 Å². The summed E-state index contributed by atoms with van der Waals surface area (Å²) in [6.45, 7) is 3.56. The summed E-state index contributed by atoms with van der Waals surface area (Å²) in [6, 6.07) is 8.54. The zero-order valence-electron chi connectivity index (χ0n) is 15.4. The fourth-order valence-corrected chi connectivity index (χ4v) is 3.51. The van der Waals surface area contributed by atoms with Crippen LogP contribution in [0.5, 0.6) is 17.2 Å². The van der Waals surface area contributed by atoms with Crippen molar-refractivity contribution in [3.63, 3.8) is 0 Å². The smallest absolute Gasteiger partial charge is 0.276 e. The molecule has 0 amide bonds. The fourth-order valence-electron chi connectivity index (χ4n) is 2.39. The van der Waals surface area contributed by atoms with E-state index < -0.39 is 10.0 Å². The van der Waals surface area contributed by atoms with Crippen LogP contribution in [0.2, 0.25) is 0 Å². The van der Waals surface area contributed by atoms with Crippen molar-refractivity contribution >= 4 is 16.2 Å². The molecule has 0 heterocycles. The maximum atomic E-state index is 12.4. The van der Waals surface area contributed by atoms with Gasteiger partial charge < -0.3 is 14.2 Å². The number of hydrogen-bond donors (Lipinski definition) is 1. The second-order valence-corrected chi connectivity index (χ2v) is 7.21. The van der Waals surface area contributed by atoms with Gasteiger partial charge in [0.2, 0.25) is 5.75 Å². The first-order valence-electron chi connectivity index (χ1n) is 7.74. The zero-order valence-corrected chi connectivity index (χ0v) is 16.2. The number of sulfonamides is 1. The summed E-state index contributed by atoms with van der Waals surface area (Å²) < 4.78 is 40.7. The molecule has 0 saturated carbocycles. The lowest BCUT2D eigenvalue weighted by Gasteiger charge is -2.12. The van der Waals surface area contributed by atoms with E-state index in [0.29, 0.717) is 28.4 Å². The van der Waals surface area contributed by atoms with Crippen molar-refractivity contribution in [2.75, 3.05) is 21.3 Å². The SMILES string of the molecule is COc1cc(/C=N\NS(=O)(=O)c2cc(C)ccc2C)cc(OC)c1OC. The third-order valence-electron chi connectivity index (χ3n) is 3.71. The van der Waals surface area contributed by atoms with Crippen molar-refractivity contribution in [3.8, 4) is 17.2 Å². The quantitative estimate of drug-likeness (QED) is 0.591. The molecule has 0 unspecified atom stereocenters. The van der Waals surface area contributed by atoms with Gasteiger partial charge in [-0.1, -0.05) is 12.1 Å². The summed E-state index contributed by atoms with van der Waals surface area (Å²) in [5.74, 6) is 1.35. The molecule has 7 nitrogen and oxygen atoms in total. The molecule has 0 aliphatic carbocycles. The molecule has 140 valence electrons. The Hall–Kier alpha value is -2.74. The largest absolute Gasteiger partial charge is 0.493 e. The van der Waals surface area contributed by atoms with Crippen molar-refractivity contribution in [2.24, 2.45) is 5.10 Å². The number of methoxy groups -OCH3 is 3. The minimum Gasteiger partial charge on any atom is -0.493 e. The van der Waals surface area contributed by atoms with Crippen molar-refractivity contribution < 1.29 is 22.6 Å². The number of rotatable bonds is 7. The normalized spacial score (nSPS) is 11.4. The minimum atomic E-state index is -3.76. The van der Waals surface area contributed by atoms with Gasteiger partial charge >= 0.3 is 0 Å². The minimum absolute atomic E-state index is 0.194. The molecule has 0 radical (unpaired) electrons. The maximum absolute atomic E-state index is 12.4. The zero-order chi connectivity index (χ0) is 19.3. The molecular formula is C18H22N2O5S. The van der Waals surface area contributed by atoms with Gasteiger partial charge in [-0.05, 0) is 43.2 Å². The van der Waals surface area contributed by atoms with Crippen LogP contribution in [0, 0.1) is 13.8 Å². The molecule has 0 spiro atoms. The van der Waals surface area contributed by atoms with Gasteiger partial charge in [-0.3, -0.25) is 0 Å². The highest BCUT2D eigenvalue weighted by Crippen LogP contribution is 2.37. The molecule has 26 heavy (non-hydrogen) atoms. The van der Waals surface area contributed by atoms with Crippen LogP contribution >= 0.6 is 0 Å². The lowest BCUT2D eigenvalue weighted by molar-refractivity contribution is 0.324. The molecule has 8 heteroatoms. The number of benzene rings is 2. The average Bonchev–Trinajstić information content (AvgIpc) is 2.62. The highest BCUT2D eigenvalue weighted by atomic mass is 32.2. The van der Waals surface area contributed by atoms with Crippen molar-refractivity contribution in [3.05, 3.63) is 47.0 Å². The summed E-state index contributed by atoms with van der Waals surface area (Å²) in [7, 11) is 0.746. The van der Waals surface area contributed by atoms with Gasteiger partial charge in [0.15, 0.2) is 11.5 Å². The van der Waals surface area contributed by atoms with Crippen LogP contribution in [0.25, 0.3) is 0 Å². The Morgan fingerprint density at radius 2 is 1.58 bits per heavy atom. The first-order valence-corrected chi connectivity index (χ1v) is 9.23. The highest BCUT2D eigenvalue weighted by Gasteiger charge is 2.16. The molecule has 0 aliphatic rings. The Morgan fingerprint density at radius 3 is 2.12 bits per heavy atom. The van der Waals surface area contributed by atoms with Gasteiger partial charge in [-0.25, -0.2) is 4.83 Å². The Bertz CT molecular complexity index is 898. The summed E-state index contributed by atoms with van der Waals surface area (Å²) >= 11 is 0. The summed E-state index contributed by atoms with van der Waals surface area (Å²) in [5.41, 5.74) is 2.08. The van der Waals surface area contributed by atoms with Gasteiger partial charge in [-0.2, -0.15) is 13.5 Å². The standard InChI is InChI=1S/C18H22N2O5S/c1-12-6-7-13(2)17(8-12)26(21,22)20-19-11-14-9-15(23-3)18(25-5)16(10-14)24-4/h6-11,20H,1-5H3/b19-11-. The van der Waals surface area contributed by atoms with E-state index in [1.807, 2.05) is 13.0 Å². The Kier molecular flexibility index (Phi) is 6.10. The molecule has 0 fully saturated rings. The third kappa shape index (κ3) is 4.26. The van der Waals surface area contributed by atoms with Gasteiger partial charge in [-0.15, -0.1) is 0 Å². The van der Waals surface area contributed by atoms with Crippen molar-refractivity contribution in [1.29, 1.82) is 0 Å². The monoisotopic (exact) mass is 378 g/mol. The third-order valence-corrected chi connectivity index (χ3v) is 5.07. The van der Waals surface area contributed by atoms with E-state index in [9.17, 15) is 8.42 Å². The predicted molar refractivity (Wildman–Crippen MR) is 99.9 cm³/mol. The number of hydrogen-bond acceptors (Lipinski definition) is 6. The number of ether oxygens (including phenoxy) is 3. The van der Waals surface area contributed by atoms with E-state index in [-0.39, 0.29) is 4.90 Å². The molecule has 2 aromatic carbocycles. The second kappa shape index (κ2) is 8.09. The van der Waals surface area contributed by atoms with E-state index in [0.717, 1.165) is 5.56 Å². The first kappa shape index (κ1) is 19.6. The van der Waals surface area contributed by atoms with Crippen molar-refractivity contribution in [2.45, 2.75) is 18.7 Å². The van der Waals surface area contributed by atoms with Gasteiger partial charge in [0, 0.05) is 5.56 Å². The van der Waals surface area contributed by atoms with E-state index in [4.69, 9.17) is 14.2 Å². The number of nitrogens with zero attached hydrogens (tertiary/aromatic N) is 1. The van der Waals surface area contributed by atoms with Crippen LogP contribution in [0.15, 0.2) is 40.3 Å². The molecule has 0 atom stereocenters. The van der Waals surface area contributed by atoms with Crippen LogP contribution < -0.4 is 19.0 Å². The lowest BCUT2D eigenvalue weighted by atomic mass is 10.2. The van der Waals surface area contributed by atoms with Crippen LogP contribution in [-0.2, 0) is 10.0 Å². The fraction of sp³-hybridized carbons (Fsp3) is 0.278. The average molecular weight is 378 g/mol. The van der Waals surface area contributed by atoms with Crippen LogP contribution in [0.4, 0.5) is 0 Å². The van der Waals surface area contributed by atoms with E-state index in [2.05, 4.69) is 9.93 Å². The number of aryl methyl sites for hydroxylation is 2. The second-order valence-electron chi connectivity index (χ2n) is 5.58. The molecule has 2 rings (SSSR count). The van der Waals surface area contributed by atoms with Gasteiger partial charge in [0.1, 0.15) is 0 Å². The molecule has 2 aromatic rings. The lowest BCUT2D eigenvalue weighted by Crippen LogP contribution is -2.19. The molecule has 0 aliphatic heterocycles. The summed E-state index contributed by atoms with van der Waals surface area (Å²) in [5, 5.41) is 3.85. The van der Waals surface area contributed by atoms with Crippen LogP contribution in [0.1, 0.15) is 16.7 Å². The first-order chi connectivity index (χ1) is 12.3. The van der Waals surface area contributed by atoms with Gasteiger partial charge in [0.05, 0.1) is 32.4 Å². The van der Waals surface area contributed by atoms with Gasteiger partial charge in [0.25, 0.3) is 10.0 Å². The van der Waals surface area contributed by atoms with E-state index >= 15 is 0 Å². The predicted octanol–water partition coefficient (Wildman–Crippen LogP) is 2.64. The number of nitrogens with one attached hydrogen (secondary N) is 1. The molecular weight excluding hydrogens is 356 g/mol. The van der Waals surface area contributed by atoms with E-state index in [1.165, 1.54) is 27.5 Å². The summed E-state index contributed by atoms with van der Waals surface area (Å²) in [6.07, 6.45) is 1.37. The molecule has 1 N–H and O–H groups in total. The molecule has 0 aromatic heterocycles. The molecule has 0 saturated heterocycles. The Balaban J connectivity index is 2.29. The summed E-state index contributed by atoms with van der Waals surface area (Å²) in [4.78, 5) is 2.42.